The van der Waals surface area contributed by atoms with E-state index in [1.54, 1.807) is 0 Å². The lowest BCUT2D eigenvalue weighted by molar-refractivity contribution is -0.385. The van der Waals surface area contributed by atoms with Gasteiger partial charge in [0.25, 0.3) is 5.69 Å². The molecule has 0 unspecified atom stereocenters. The molecule has 8 nitrogen and oxygen atoms in total. The van der Waals surface area contributed by atoms with Gasteiger partial charge in [-0.25, -0.2) is 8.42 Å². The Morgan fingerprint density at radius 1 is 1.48 bits per heavy atom. The highest BCUT2D eigenvalue weighted by molar-refractivity contribution is 7.89. The predicted octanol–water partition coefficient (Wildman–Crippen LogP) is 1.34. The lowest BCUT2D eigenvalue weighted by atomic mass is 10.00. The number of rotatable bonds is 5. The van der Waals surface area contributed by atoms with Crippen molar-refractivity contribution in [3.8, 4) is 0 Å². The third-order valence-corrected chi connectivity index (χ3v) is 5.44. The van der Waals surface area contributed by atoms with Crippen LogP contribution in [0.2, 0.25) is 5.02 Å². The fourth-order valence-corrected chi connectivity index (χ4v) is 4.12. The van der Waals surface area contributed by atoms with Crippen LogP contribution in [0.25, 0.3) is 0 Å². The number of nitro benzene ring substituents is 1. The minimum Gasteiger partial charge on any atom is -0.481 e. The van der Waals surface area contributed by atoms with Gasteiger partial charge in [-0.1, -0.05) is 11.6 Å². The van der Waals surface area contributed by atoms with Crippen molar-refractivity contribution in [2.45, 2.75) is 11.3 Å². The Kier molecular flexibility index (Phi) is 4.17. The van der Waals surface area contributed by atoms with Gasteiger partial charge in [-0.3, -0.25) is 14.9 Å². The van der Waals surface area contributed by atoms with Gasteiger partial charge in [-0.2, -0.15) is 4.31 Å². The number of hydrogen-bond acceptors (Lipinski definition) is 5. The van der Waals surface area contributed by atoms with Crippen LogP contribution in [-0.2, 0) is 14.8 Å². The monoisotopic (exact) mass is 334 g/mol. The van der Waals surface area contributed by atoms with Gasteiger partial charge in [0.15, 0.2) is 0 Å². The number of sulfonamides is 1. The van der Waals surface area contributed by atoms with Crippen LogP contribution in [0.3, 0.4) is 0 Å². The third kappa shape index (κ3) is 3.14. The molecule has 1 aliphatic rings. The molecule has 1 N–H and O–H groups in total. The summed E-state index contributed by atoms with van der Waals surface area (Å²) < 4.78 is 25.7. The van der Waals surface area contributed by atoms with Gasteiger partial charge >= 0.3 is 5.97 Å². The molecular formula is C11H11ClN2O6S. The average molecular weight is 335 g/mol. The second-order valence-electron chi connectivity index (χ2n) is 4.66. The summed E-state index contributed by atoms with van der Waals surface area (Å²) in [5.41, 5.74) is -0.374. The molecular weight excluding hydrogens is 324 g/mol. The molecule has 1 fully saturated rings. The topological polar surface area (TPSA) is 118 Å². The van der Waals surface area contributed by atoms with Gasteiger partial charge in [0.1, 0.15) is 4.90 Å². The Balaban J connectivity index is 2.23. The van der Waals surface area contributed by atoms with Crippen LogP contribution in [0.5, 0.6) is 0 Å². The highest BCUT2D eigenvalue weighted by atomic mass is 35.5. The van der Waals surface area contributed by atoms with Crippen molar-refractivity contribution >= 4 is 33.3 Å². The van der Waals surface area contributed by atoms with Gasteiger partial charge < -0.3 is 5.11 Å². The molecule has 0 saturated carbocycles. The number of nitro groups is 1. The highest BCUT2D eigenvalue weighted by Crippen LogP contribution is 2.32. The van der Waals surface area contributed by atoms with E-state index in [1.165, 1.54) is 0 Å². The first-order chi connectivity index (χ1) is 9.71. The second kappa shape index (κ2) is 5.58. The van der Waals surface area contributed by atoms with Crippen LogP contribution in [0, 0.1) is 16.0 Å². The number of nitrogens with zero attached hydrogens (tertiary/aromatic N) is 2. The normalized spacial score (nSPS) is 16.4. The van der Waals surface area contributed by atoms with E-state index in [0.29, 0.717) is 0 Å². The molecule has 0 atom stereocenters. The number of halogens is 1. The van der Waals surface area contributed by atoms with E-state index in [-0.39, 0.29) is 41.0 Å². The molecule has 1 aromatic carbocycles. The summed E-state index contributed by atoms with van der Waals surface area (Å²) in [6.07, 6.45) is -0.116. The van der Waals surface area contributed by atoms with Crippen LogP contribution in [0.1, 0.15) is 6.42 Å². The van der Waals surface area contributed by atoms with Crippen molar-refractivity contribution in [3.63, 3.8) is 0 Å². The zero-order valence-electron chi connectivity index (χ0n) is 10.6. The fraction of sp³-hybridized carbons (Fsp3) is 0.364. The minimum atomic E-state index is -3.95. The number of hydrogen-bond donors (Lipinski definition) is 1. The number of carbonyl (C=O) groups is 1. The number of aliphatic carboxylic acids is 1. The van der Waals surface area contributed by atoms with Crippen LogP contribution >= 0.6 is 11.6 Å². The average Bonchev–Trinajstić information content (AvgIpc) is 2.32. The molecule has 21 heavy (non-hydrogen) atoms. The van der Waals surface area contributed by atoms with Gasteiger partial charge in [0.05, 0.1) is 16.4 Å². The van der Waals surface area contributed by atoms with Crippen LogP contribution in [0.4, 0.5) is 5.69 Å². The van der Waals surface area contributed by atoms with Crippen molar-refractivity contribution in [1.82, 2.24) is 4.31 Å². The third-order valence-electron chi connectivity index (χ3n) is 3.13. The molecule has 0 aliphatic carbocycles. The molecule has 0 radical (unpaired) electrons. The van der Waals surface area contributed by atoms with E-state index in [1.807, 2.05) is 0 Å². The van der Waals surface area contributed by atoms with Crippen LogP contribution < -0.4 is 0 Å². The quantitative estimate of drug-likeness (QED) is 0.641. The molecule has 1 aromatic rings. The van der Waals surface area contributed by atoms with Gasteiger partial charge in [-0.15, -0.1) is 0 Å². The Hall–Kier alpha value is -1.71. The Morgan fingerprint density at radius 2 is 2.10 bits per heavy atom. The van der Waals surface area contributed by atoms with Crippen molar-refractivity contribution in [2.24, 2.45) is 5.92 Å². The number of benzene rings is 1. The molecule has 0 bridgehead atoms. The van der Waals surface area contributed by atoms with Gasteiger partial charge in [0.2, 0.25) is 10.0 Å². The summed E-state index contributed by atoms with van der Waals surface area (Å²) in [4.78, 5) is 20.2. The molecule has 10 heteroatoms. The maximum absolute atomic E-state index is 12.3. The molecule has 114 valence electrons. The molecule has 0 spiro atoms. The SMILES string of the molecule is O=C(O)CC1CN(S(=O)(=O)c2cc([N+](=O)[O-])ccc2Cl)C1. The summed E-state index contributed by atoms with van der Waals surface area (Å²) in [6.45, 7) is 0.126. The Labute approximate surface area is 125 Å². The fourth-order valence-electron chi connectivity index (χ4n) is 2.04. The van der Waals surface area contributed by atoms with Crippen LogP contribution in [0.15, 0.2) is 23.1 Å². The van der Waals surface area contributed by atoms with E-state index in [2.05, 4.69) is 0 Å². The van der Waals surface area contributed by atoms with E-state index in [4.69, 9.17) is 16.7 Å². The van der Waals surface area contributed by atoms with Crippen molar-refractivity contribution in [3.05, 3.63) is 33.3 Å². The summed E-state index contributed by atoms with van der Waals surface area (Å²) in [6, 6.07) is 3.17. The minimum absolute atomic E-state index is 0.0631. The zero-order valence-corrected chi connectivity index (χ0v) is 12.2. The first-order valence-electron chi connectivity index (χ1n) is 5.87. The molecule has 1 aliphatic heterocycles. The largest absolute Gasteiger partial charge is 0.481 e. The van der Waals surface area contributed by atoms with E-state index >= 15 is 0 Å². The zero-order chi connectivity index (χ0) is 15.8. The van der Waals surface area contributed by atoms with Gasteiger partial charge in [-0.05, 0) is 12.0 Å². The lowest BCUT2D eigenvalue weighted by Gasteiger charge is -2.37. The summed E-state index contributed by atoms with van der Waals surface area (Å²) in [7, 11) is -3.95. The molecule has 0 amide bonds. The predicted molar refractivity (Wildman–Crippen MR) is 72.6 cm³/mol. The van der Waals surface area contributed by atoms with E-state index < -0.39 is 20.9 Å². The Bertz CT molecular complexity index is 699. The summed E-state index contributed by atoms with van der Waals surface area (Å²) in [5.74, 6) is -1.25. The lowest BCUT2D eigenvalue weighted by Crippen LogP contribution is -2.50. The van der Waals surface area contributed by atoms with Gasteiger partial charge in [0, 0.05) is 25.2 Å². The first-order valence-corrected chi connectivity index (χ1v) is 7.69. The smallest absolute Gasteiger partial charge is 0.303 e. The summed E-state index contributed by atoms with van der Waals surface area (Å²) >= 11 is 5.81. The van der Waals surface area contributed by atoms with Crippen molar-refractivity contribution < 1.29 is 23.2 Å². The van der Waals surface area contributed by atoms with Crippen LogP contribution in [-0.4, -0.2) is 41.8 Å². The molecule has 2 rings (SSSR count). The molecule has 1 heterocycles. The highest BCUT2D eigenvalue weighted by Gasteiger charge is 2.39. The van der Waals surface area contributed by atoms with Crippen molar-refractivity contribution in [1.29, 1.82) is 0 Å². The standard InChI is InChI=1S/C11H11ClN2O6S/c12-9-2-1-8(14(17)18)4-10(9)21(19,20)13-5-7(6-13)3-11(15)16/h1-2,4,7H,3,5-6H2,(H,15,16). The number of carboxylic acids is 1. The van der Waals surface area contributed by atoms with E-state index in [0.717, 1.165) is 22.5 Å². The maximum atomic E-state index is 12.3. The maximum Gasteiger partial charge on any atom is 0.303 e. The van der Waals surface area contributed by atoms with E-state index in [9.17, 15) is 23.3 Å². The summed E-state index contributed by atoms with van der Waals surface area (Å²) in [5, 5.41) is 19.2. The Morgan fingerprint density at radius 3 is 2.62 bits per heavy atom. The molecule has 1 saturated heterocycles. The van der Waals surface area contributed by atoms with Crippen molar-refractivity contribution in [2.75, 3.05) is 13.1 Å². The molecule has 0 aromatic heterocycles. The first kappa shape index (κ1) is 15.7. The number of carboxylic acid groups (broad SMARTS) is 1. The second-order valence-corrected chi connectivity index (χ2v) is 6.97. The number of non-ortho nitro benzene ring substituents is 1.